The molecule has 2 N–H and O–H groups in total. The smallest absolute Gasteiger partial charge is 0.370 e. The molecule has 4 aromatic carbocycles. The highest BCUT2D eigenvalue weighted by Crippen LogP contribution is 2.37. The van der Waals surface area contributed by atoms with Crippen LogP contribution in [0.25, 0.3) is 38.5 Å². The number of nitrogens with zero attached hydrogens (tertiary/aromatic N) is 2. The molecule has 210 valence electrons. The van der Waals surface area contributed by atoms with E-state index < -0.39 is 16.1 Å². The van der Waals surface area contributed by atoms with Crippen LogP contribution in [0.1, 0.15) is 18.1 Å². The van der Waals surface area contributed by atoms with Gasteiger partial charge in [0.05, 0.1) is 10.9 Å². The second-order valence-electron chi connectivity index (χ2n) is 10.2. The molecule has 0 radical (unpaired) electrons. The molecule has 8 heteroatoms. The quantitative estimate of drug-likeness (QED) is 0.135. The van der Waals surface area contributed by atoms with Crippen LogP contribution < -0.4 is 5.35 Å². The summed E-state index contributed by atoms with van der Waals surface area (Å²) < 4.78 is 37.6. The molecule has 0 fully saturated rings. The topological polar surface area (TPSA) is 99.6 Å². The number of rotatable bonds is 8. The summed E-state index contributed by atoms with van der Waals surface area (Å²) in [6, 6.07) is 18.8. The molecular weight excluding hydrogens is 548 g/mol. The van der Waals surface area contributed by atoms with Crippen molar-refractivity contribution in [3.63, 3.8) is 0 Å². The van der Waals surface area contributed by atoms with Gasteiger partial charge in [-0.2, -0.15) is 13.0 Å². The first-order chi connectivity index (χ1) is 20.2. The first-order valence-electron chi connectivity index (χ1n) is 13.6. The van der Waals surface area contributed by atoms with Crippen LogP contribution in [-0.2, 0) is 21.5 Å². The molecule has 5 aromatic rings. The Kier molecular flexibility index (Phi) is 6.88. The highest BCUT2D eigenvalue weighted by Gasteiger charge is 2.32. The first kappa shape index (κ1) is 27.4. The number of aryl methyl sites for hydroxylation is 2. The zero-order valence-corrected chi connectivity index (χ0v) is 24.0. The molecule has 0 aliphatic carbocycles. The van der Waals surface area contributed by atoms with Gasteiger partial charge in [0.1, 0.15) is 4.90 Å². The van der Waals surface area contributed by atoms with Crippen molar-refractivity contribution >= 4 is 66.0 Å². The molecule has 0 amide bonds. The summed E-state index contributed by atoms with van der Waals surface area (Å²) in [5.41, 5.74) is 4.82. The molecule has 7 nitrogen and oxygen atoms in total. The van der Waals surface area contributed by atoms with Gasteiger partial charge in [0.25, 0.3) is 10.1 Å². The summed E-state index contributed by atoms with van der Waals surface area (Å²) in [4.78, 5) is 11.6. The number of benzene rings is 4. The van der Waals surface area contributed by atoms with Crippen LogP contribution >= 0.6 is 0 Å². The van der Waals surface area contributed by atoms with Gasteiger partial charge >= 0.3 is 5.97 Å². The average molecular weight is 578 g/mol. The third kappa shape index (κ3) is 4.55. The summed E-state index contributed by atoms with van der Waals surface area (Å²) >= 11 is 0. The van der Waals surface area contributed by atoms with Crippen LogP contribution in [0.4, 0.5) is 5.69 Å². The van der Waals surface area contributed by atoms with Gasteiger partial charge in [-0.25, -0.2) is 4.79 Å². The van der Waals surface area contributed by atoms with Crippen molar-refractivity contribution in [1.82, 2.24) is 4.57 Å². The fraction of sp³-hybridized carbons (Fsp3) is 0.118. The van der Waals surface area contributed by atoms with E-state index in [9.17, 15) is 22.9 Å². The Labute approximate surface area is 243 Å². The lowest BCUT2D eigenvalue weighted by Crippen LogP contribution is -2.19. The van der Waals surface area contributed by atoms with E-state index in [2.05, 4.69) is 17.6 Å². The minimum atomic E-state index is -4.35. The van der Waals surface area contributed by atoms with Gasteiger partial charge in [0, 0.05) is 45.7 Å². The van der Waals surface area contributed by atoms with Gasteiger partial charge in [-0.3, -0.25) is 4.55 Å². The summed E-state index contributed by atoms with van der Waals surface area (Å²) in [7, 11) is -4.35. The number of hydrogen-bond donors (Lipinski definition) is 2. The monoisotopic (exact) mass is 577 g/mol. The minimum absolute atomic E-state index is 0.0952. The van der Waals surface area contributed by atoms with Crippen LogP contribution in [0, 0.1) is 6.92 Å². The lowest BCUT2D eigenvalue weighted by atomic mass is 9.99. The molecule has 0 bridgehead atoms. The van der Waals surface area contributed by atoms with E-state index >= 15 is 0 Å². The molecule has 2 heterocycles. The second-order valence-corrected chi connectivity index (χ2v) is 11.6. The molecule has 1 aliphatic rings. The molecule has 0 atom stereocenters. The van der Waals surface area contributed by atoms with Crippen LogP contribution in [0.5, 0.6) is 0 Å². The molecule has 0 unspecified atom stereocenters. The Morgan fingerprint density at radius 3 is 2.36 bits per heavy atom. The van der Waals surface area contributed by atoms with E-state index in [-0.39, 0.29) is 11.4 Å². The van der Waals surface area contributed by atoms with Crippen molar-refractivity contribution in [3.8, 4) is 0 Å². The van der Waals surface area contributed by atoms with Gasteiger partial charge in [-0.05, 0) is 49.1 Å². The summed E-state index contributed by atoms with van der Waals surface area (Å²) in [5.74, 6) is -0.894. The van der Waals surface area contributed by atoms with E-state index in [4.69, 9.17) is 0 Å². The Morgan fingerprint density at radius 1 is 0.881 bits per heavy atom. The third-order valence-corrected chi connectivity index (χ3v) is 8.68. The Hall–Kier alpha value is -4.79. The van der Waals surface area contributed by atoms with Crippen molar-refractivity contribution in [2.45, 2.75) is 25.3 Å². The Balaban J connectivity index is 1.32. The van der Waals surface area contributed by atoms with Crippen LogP contribution in [-0.4, -0.2) is 45.4 Å². The van der Waals surface area contributed by atoms with E-state index in [0.717, 1.165) is 54.9 Å². The minimum Gasteiger partial charge on any atom is -0.477 e. The van der Waals surface area contributed by atoms with Crippen molar-refractivity contribution < 1.29 is 27.4 Å². The number of allylic oxidation sites excluding steroid dienone is 6. The highest BCUT2D eigenvalue weighted by atomic mass is 32.2. The molecule has 6 rings (SSSR count). The van der Waals surface area contributed by atoms with Crippen molar-refractivity contribution in [1.29, 1.82) is 0 Å². The second kappa shape index (κ2) is 10.6. The Bertz CT molecular complexity index is 2220. The summed E-state index contributed by atoms with van der Waals surface area (Å²) in [6.45, 7) is 4.65. The Morgan fingerprint density at radius 2 is 1.60 bits per heavy atom. The van der Waals surface area contributed by atoms with Crippen LogP contribution in [0.2, 0.25) is 0 Å². The fourth-order valence-corrected chi connectivity index (χ4v) is 6.73. The zero-order valence-electron chi connectivity index (χ0n) is 23.2. The zero-order chi connectivity index (χ0) is 29.6. The van der Waals surface area contributed by atoms with E-state index in [1.807, 2.05) is 84.4 Å². The third-order valence-electron chi connectivity index (χ3n) is 7.77. The SMILES string of the molecule is CCn1/c(=C/C=C/C=C/C=C/C2=[N+](CC(=O)O)c3ccc(C)c4cccc2c34)c2cccc3c(S(=O)(=O)O)ccc1c32. The first-order valence-corrected chi connectivity index (χ1v) is 15.1. The maximum absolute atomic E-state index is 12.0. The lowest BCUT2D eigenvalue weighted by molar-refractivity contribution is -0.425. The van der Waals surface area contributed by atoms with Crippen molar-refractivity contribution in [2.24, 2.45) is 0 Å². The lowest BCUT2D eigenvalue weighted by Gasteiger charge is -2.05. The van der Waals surface area contributed by atoms with Crippen molar-refractivity contribution in [2.75, 3.05) is 6.54 Å². The van der Waals surface area contributed by atoms with Gasteiger partial charge in [0.15, 0.2) is 0 Å². The highest BCUT2D eigenvalue weighted by molar-refractivity contribution is 7.86. The molecule has 1 aromatic heterocycles. The van der Waals surface area contributed by atoms with Gasteiger partial charge in [0.2, 0.25) is 17.9 Å². The van der Waals surface area contributed by atoms with Crippen molar-refractivity contribution in [3.05, 3.63) is 114 Å². The number of carboxylic acid groups (broad SMARTS) is 1. The molecule has 0 spiro atoms. The number of aliphatic carboxylic acids is 1. The maximum Gasteiger partial charge on any atom is 0.370 e. The molecule has 0 saturated carbocycles. The normalized spacial score (nSPS) is 14.4. The maximum atomic E-state index is 12.0. The predicted molar refractivity (Wildman–Crippen MR) is 167 cm³/mol. The molecular formula is C34H29N2O5S+. The molecule has 0 saturated heterocycles. The summed E-state index contributed by atoms with van der Waals surface area (Å²) in [5, 5.41) is 14.9. The summed E-state index contributed by atoms with van der Waals surface area (Å²) in [6.07, 6.45) is 13.5. The van der Waals surface area contributed by atoms with Crippen LogP contribution in [0.3, 0.4) is 0 Å². The molecule has 42 heavy (non-hydrogen) atoms. The number of carboxylic acids is 1. The predicted octanol–water partition coefficient (Wildman–Crippen LogP) is 5.92. The van der Waals surface area contributed by atoms with Crippen LogP contribution in [0.15, 0.2) is 102 Å². The number of carbonyl (C=O) groups is 1. The van der Waals surface area contributed by atoms with E-state index in [1.165, 1.54) is 6.07 Å². The largest absolute Gasteiger partial charge is 0.477 e. The fourth-order valence-electron chi connectivity index (χ4n) is 6.04. The van der Waals surface area contributed by atoms with Gasteiger partial charge < -0.3 is 9.67 Å². The number of hydrogen-bond acceptors (Lipinski definition) is 3. The van der Waals surface area contributed by atoms with E-state index in [1.54, 1.807) is 18.2 Å². The van der Waals surface area contributed by atoms with Gasteiger partial charge in [-0.15, -0.1) is 0 Å². The standard InChI is InChI=1S/C34H28N2O5S/c1-3-35-27(24-13-10-14-26-31(42(39,40)41)20-19-29(35)34(24)26)15-7-5-4-6-8-16-28-25-12-9-11-23-22(2)17-18-30(33(23)25)36(28)21-32(37)38/h4-20H,3,21H2,1-2H3,(H-,37,38,39,40,41)/p+1. The van der Waals surface area contributed by atoms with Gasteiger partial charge in [-0.1, -0.05) is 66.8 Å². The van der Waals surface area contributed by atoms with E-state index in [0.29, 0.717) is 11.9 Å². The molecule has 1 aliphatic heterocycles. The average Bonchev–Trinajstić information content (AvgIpc) is 3.42. The number of aromatic nitrogens is 1.